The Morgan fingerprint density at radius 3 is 2.71 bits per heavy atom. The zero-order valence-electron chi connectivity index (χ0n) is 14.9. The maximum absolute atomic E-state index is 12.1. The SMILES string of the molecule is C[C@H](CCO)NC(=O)Nc1ccccc1CN(C)C1CCCCC1. The number of benzene rings is 1. The molecular formula is C19H31N3O2. The topological polar surface area (TPSA) is 64.6 Å². The van der Waals surface area contributed by atoms with Crippen LogP contribution in [0.25, 0.3) is 0 Å². The molecule has 24 heavy (non-hydrogen) atoms. The molecule has 1 fully saturated rings. The first kappa shape index (κ1) is 18.7. The van der Waals surface area contributed by atoms with Gasteiger partial charge in [-0.1, -0.05) is 37.5 Å². The first-order valence-corrected chi connectivity index (χ1v) is 9.06. The van der Waals surface area contributed by atoms with Crippen LogP contribution in [0, 0.1) is 0 Å². The highest BCUT2D eigenvalue weighted by atomic mass is 16.3. The molecular weight excluding hydrogens is 302 g/mol. The van der Waals surface area contributed by atoms with Crippen LogP contribution in [0.4, 0.5) is 10.5 Å². The van der Waals surface area contributed by atoms with Crippen LogP contribution < -0.4 is 10.6 Å². The average Bonchev–Trinajstić information content (AvgIpc) is 2.57. The van der Waals surface area contributed by atoms with Gasteiger partial charge < -0.3 is 15.7 Å². The molecule has 0 aromatic heterocycles. The maximum atomic E-state index is 12.1. The van der Waals surface area contributed by atoms with Gasteiger partial charge in [-0.15, -0.1) is 0 Å². The van der Waals surface area contributed by atoms with E-state index in [1.165, 1.54) is 32.1 Å². The number of para-hydroxylation sites is 1. The normalized spacial score (nSPS) is 16.8. The van der Waals surface area contributed by atoms with Crippen LogP contribution in [-0.2, 0) is 6.54 Å². The molecule has 0 saturated heterocycles. The molecule has 2 amide bonds. The zero-order chi connectivity index (χ0) is 17.4. The Kier molecular flexibility index (Phi) is 7.53. The van der Waals surface area contributed by atoms with Crippen molar-refractivity contribution in [3.8, 4) is 0 Å². The number of urea groups is 1. The van der Waals surface area contributed by atoms with E-state index in [0.717, 1.165) is 17.8 Å². The second-order valence-electron chi connectivity index (χ2n) is 6.88. The number of hydrogen-bond acceptors (Lipinski definition) is 3. The molecule has 0 radical (unpaired) electrons. The van der Waals surface area contributed by atoms with E-state index in [1.54, 1.807) is 0 Å². The van der Waals surface area contributed by atoms with Gasteiger partial charge in [0.05, 0.1) is 0 Å². The lowest BCUT2D eigenvalue weighted by Crippen LogP contribution is -2.37. The Hall–Kier alpha value is -1.59. The van der Waals surface area contributed by atoms with Gasteiger partial charge in [-0.25, -0.2) is 4.79 Å². The van der Waals surface area contributed by atoms with E-state index in [2.05, 4.69) is 28.6 Å². The van der Waals surface area contributed by atoms with Crippen molar-refractivity contribution in [2.45, 2.75) is 64.1 Å². The van der Waals surface area contributed by atoms with Crippen molar-refractivity contribution in [2.75, 3.05) is 19.0 Å². The fraction of sp³-hybridized carbons (Fsp3) is 0.632. The number of nitrogens with zero attached hydrogens (tertiary/aromatic N) is 1. The molecule has 5 heteroatoms. The molecule has 5 nitrogen and oxygen atoms in total. The Bertz CT molecular complexity index is 515. The number of hydrogen-bond donors (Lipinski definition) is 3. The summed E-state index contributed by atoms with van der Waals surface area (Å²) in [7, 11) is 2.18. The maximum Gasteiger partial charge on any atom is 0.319 e. The van der Waals surface area contributed by atoms with E-state index in [9.17, 15) is 4.79 Å². The van der Waals surface area contributed by atoms with Gasteiger partial charge >= 0.3 is 6.03 Å². The first-order valence-electron chi connectivity index (χ1n) is 9.06. The molecule has 3 N–H and O–H groups in total. The molecule has 0 bridgehead atoms. The highest BCUT2D eigenvalue weighted by molar-refractivity contribution is 5.90. The molecule has 0 spiro atoms. The minimum Gasteiger partial charge on any atom is -0.396 e. The summed E-state index contributed by atoms with van der Waals surface area (Å²) in [6.07, 6.45) is 7.09. The Morgan fingerprint density at radius 1 is 1.29 bits per heavy atom. The second kappa shape index (κ2) is 9.64. The quantitative estimate of drug-likeness (QED) is 0.717. The van der Waals surface area contributed by atoms with Gasteiger partial charge in [0.25, 0.3) is 0 Å². The largest absolute Gasteiger partial charge is 0.396 e. The van der Waals surface area contributed by atoms with Crippen molar-refractivity contribution < 1.29 is 9.90 Å². The van der Waals surface area contributed by atoms with E-state index in [-0.39, 0.29) is 18.7 Å². The molecule has 1 aliphatic rings. The molecule has 134 valence electrons. The van der Waals surface area contributed by atoms with Gasteiger partial charge in [0.15, 0.2) is 0 Å². The molecule has 1 atom stereocenters. The van der Waals surface area contributed by atoms with Crippen LogP contribution in [0.5, 0.6) is 0 Å². The number of rotatable bonds is 7. The third-order valence-electron chi connectivity index (χ3n) is 4.82. The predicted molar refractivity (Wildman–Crippen MR) is 98.1 cm³/mol. The van der Waals surface area contributed by atoms with Gasteiger partial charge in [-0.2, -0.15) is 0 Å². The molecule has 1 aromatic carbocycles. The van der Waals surface area contributed by atoms with Crippen LogP contribution >= 0.6 is 0 Å². The monoisotopic (exact) mass is 333 g/mol. The van der Waals surface area contributed by atoms with Crippen molar-refractivity contribution in [3.05, 3.63) is 29.8 Å². The minimum atomic E-state index is -0.219. The fourth-order valence-electron chi connectivity index (χ4n) is 3.35. The van der Waals surface area contributed by atoms with Crippen LogP contribution in [0.15, 0.2) is 24.3 Å². The van der Waals surface area contributed by atoms with E-state index in [4.69, 9.17) is 5.11 Å². The van der Waals surface area contributed by atoms with E-state index in [1.807, 2.05) is 25.1 Å². The summed E-state index contributed by atoms with van der Waals surface area (Å²) in [4.78, 5) is 14.5. The van der Waals surface area contributed by atoms with Crippen LogP contribution in [0.1, 0.15) is 51.0 Å². The summed E-state index contributed by atoms with van der Waals surface area (Å²) >= 11 is 0. The van der Waals surface area contributed by atoms with Crippen molar-refractivity contribution in [3.63, 3.8) is 0 Å². The number of amides is 2. The third kappa shape index (κ3) is 5.80. The fourth-order valence-corrected chi connectivity index (χ4v) is 3.35. The van der Waals surface area contributed by atoms with E-state index >= 15 is 0 Å². The summed E-state index contributed by atoms with van der Waals surface area (Å²) in [5, 5.41) is 14.7. The third-order valence-corrected chi connectivity index (χ3v) is 4.82. The number of carbonyl (C=O) groups excluding carboxylic acids is 1. The lowest BCUT2D eigenvalue weighted by Gasteiger charge is -2.31. The number of aliphatic hydroxyl groups excluding tert-OH is 1. The number of aliphatic hydroxyl groups is 1. The minimum absolute atomic E-state index is 0.0490. The Morgan fingerprint density at radius 2 is 2.00 bits per heavy atom. The van der Waals surface area contributed by atoms with Crippen molar-refractivity contribution in [2.24, 2.45) is 0 Å². The first-order chi connectivity index (χ1) is 11.6. The number of carbonyl (C=O) groups is 1. The van der Waals surface area contributed by atoms with Gasteiger partial charge in [-0.05, 0) is 44.9 Å². The molecule has 1 saturated carbocycles. The van der Waals surface area contributed by atoms with Crippen LogP contribution in [-0.4, -0.2) is 41.8 Å². The summed E-state index contributed by atoms with van der Waals surface area (Å²) in [5.41, 5.74) is 1.99. The number of nitrogens with one attached hydrogen (secondary N) is 2. The zero-order valence-corrected chi connectivity index (χ0v) is 14.9. The van der Waals surface area contributed by atoms with Gasteiger partial charge in [0, 0.05) is 30.9 Å². The highest BCUT2D eigenvalue weighted by Gasteiger charge is 2.19. The second-order valence-corrected chi connectivity index (χ2v) is 6.88. The molecule has 0 unspecified atom stereocenters. The molecule has 0 aliphatic heterocycles. The van der Waals surface area contributed by atoms with Crippen molar-refractivity contribution in [1.29, 1.82) is 0 Å². The standard InChI is InChI=1S/C19H31N3O2/c1-15(12-13-23)20-19(24)21-18-11-7-6-8-16(18)14-22(2)17-9-4-3-5-10-17/h6-8,11,15,17,23H,3-5,9-10,12-14H2,1-2H3,(H2,20,21,24)/t15-/m1/s1. The smallest absolute Gasteiger partial charge is 0.319 e. The lowest BCUT2D eigenvalue weighted by atomic mass is 9.94. The average molecular weight is 333 g/mol. The van der Waals surface area contributed by atoms with Crippen LogP contribution in [0.3, 0.4) is 0 Å². The Labute approximate surface area is 145 Å². The molecule has 0 heterocycles. The van der Waals surface area contributed by atoms with Gasteiger partial charge in [0.1, 0.15) is 0 Å². The number of anilines is 1. The van der Waals surface area contributed by atoms with Crippen LogP contribution in [0.2, 0.25) is 0 Å². The lowest BCUT2D eigenvalue weighted by molar-refractivity contribution is 0.185. The van der Waals surface area contributed by atoms with Crippen molar-refractivity contribution in [1.82, 2.24) is 10.2 Å². The van der Waals surface area contributed by atoms with E-state index < -0.39 is 0 Å². The van der Waals surface area contributed by atoms with Crippen molar-refractivity contribution >= 4 is 11.7 Å². The summed E-state index contributed by atoms with van der Waals surface area (Å²) in [6, 6.07) is 8.35. The predicted octanol–water partition coefficient (Wildman–Crippen LogP) is 3.34. The summed E-state index contributed by atoms with van der Waals surface area (Å²) < 4.78 is 0. The molecule has 2 rings (SSSR count). The Balaban J connectivity index is 1.95. The molecule has 1 aliphatic carbocycles. The van der Waals surface area contributed by atoms with Gasteiger partial charge in [-0.3, -0.25) is 4.90 Å². The summed E-state index contributed by atoms with van der Waals surface area (Å²) in [5.74, 6) is 0. The summed E-state index contributed by atoms with van der Waals surface area (Å²) in [6.45, 7) is 2.80. The molecule has 1 aromatic rings. The van der Waals surface area contributed by atoms with Gasteiger partial charge in [0.2, 0.25) is 0 Å². The highest BCUT2D eigenvalue weighted by Crippen LogP contribution is 2.24. The van der Waals surface area contributed by atoms with E-state index in [0.29, 0.717) is 12.5 Å².